The van der Waals surface area contributed by atoms with Crippen molar-refractivity contribution in [2.24, 2.45) is 0 Å². The Morgan fingerprint density at radius 1 is 1.29 bits per heavy atom. The summed E-state index contributed by atoms with van der Waals surface area (Å²) in [5.41, 5.74) is -1.01. The molecule has 120 valence electrons. The highest BCUT2D eigenvalue weighted by Crippen LogP contribution is 2.32. The number of urea groups is 1. The number of rotatable bonds is 4. The van der Waals surface area contributed by atoms with Gasteiger partial charge in [0.05, 0.1) is 0 Å². The molecule has 6 heteroatoms. The lowest BCUT2D eigenvalue weighted by atomic mass is 9.93. The highest BCUT2D eigenvalue weighted by atomic mass is 16.4. The van der Waals surface area contributed by atoms with Gasteiger partial charge < -0.3 is 20.2 Å². The van der Waals surface area contributed by atoms with Crippen LogP contribution in [-0.2, 0) is 4.79 Å². The average molecular weight is 297 g/mol. The summed E-state index contributed by atoms with van der Waals surface area (Å²) in [5.74, 6) is -0.878. The Labute approximate surface area is 126 Å². The van der Waals surface area contributed by atoms with Crippen LogP contribution in [0.1, 0.15) is 46.0 Å². The number of piperidine rings is 1. The van der Waals surface area contributed by atoms with E-state index in [9.17, 15) is 14.7 Å². The number of carboxylic acid groups (broad SMARTS) is 1. The summed E-state index contributed by atoms with van der Waals surface area (Å²) in [5, 5.41) is 12.6. The van der Waals surface area contributed by atoms with Crippen molar-refractivity contribution >= 4 is 12.0 Å². The standard InChI is InChI=1S/C15H27N3O3/c1-3-15(13(19)20)8-6-10-18(15)14(21)16-12-7-5-9-17(4-2)11-12/h12H,3-11H2,1-2H3,(H,16,21)(H,19,20). The number of carboxylic acids is 1. The fourth-order valence-electron chi connectivity index (χ4n) is 3.63. The molecule has 2 rings (SSSR count). The smallest absolute Gasteiger partial charge is 0.329 e. The van der Waals surface area contributed by atoms with E-state index >= 15 is 0 Å². The Bertz CT molecular complexity index is 402. The molecule has 2 saturated heterocycles. The first-order valence-electron chi connectivity index (χ1n) is 8.07. The summed E-state index contributed by atoms with van der Waals surface area (Å²) in [6, 6.07) is -0.0742. The molecule has 0 spiro atoms. The predicted molar refractivity (Wildman–Crippen MR) is 80.3 cm³/mol. The van der Waals surface area contributed by atoms with Gasteiger partial charge in [0, 0.05) is 19.1 Å². The minimum atomic E-state index is -1.01. The zero-order valence-corrected chi connectivity index (χ0v) is 13.1. The molecule has 0 radical (unpaired) electrons. The quantitative estimate of drug-likeness (QED) is 0.825. The van der Waals surface area contributed by atoms with E-state index in [1.165, 1.54) is 0 Å². The van der Waals surface area contributed by atoms with Crippen LogP contribution in [0, 0.1) is 0 Å². The van der Waals surface area contributed by atoms with Gasteiger partial charge in [-0.3, -0.25) is 0 Å². The van der Waals surface area contributed by atoms with Crippen LogP contribution in [-0.4, -0.2) is 64.7 Å². The SMILES string of the molecule is CCN1CCCC(NC(=O)N2CCCC2(CC)C(=O)O)C1. The van der Waals surface area contributed by atoms with Gasteiger partial charge in [0.15, 0.2) is 0 Å². The average Bonchev–Trinajstić information content (AvgIpc) is 2.92. The van der Waals surface area contributed by atoms with Gasteiger partial charge in [-0.25, -0.2) is 9.59 Å². The predicted octanol–water partition coefficient (Wildman–Crippen LogP) is 1.51. The lowest BCUT2D eigenvalue weighted by Crippen LogP contribution is -2.58. The molecule has 0 bridgehead atoms. The number of hydrogen-bond donors (Lipinski definition) is 2. The van der Waals surface area contributed by atoms with Crippen LogP contribution >= 0.6 is 0 Å². The Morgan fingerprint density at radius 3 is 2.67 bits per heavy atom. The molecule has 21 heavy (non-hydrogen) atoms. The second kappa shape index (κ2) is 6.64. The minimum absolute atomic E-state index is 0.134. The van der Waals surface area contributed by atoms with E-state index < -0.39 is 11.5 Å². The number of carbonyl (C=O) groups is 2. The van der Waals surface area contributed by atoms with Crippen LogP contribution in [0.5, 0.6) is 0 Å². The summed E-state index contributed by atoms with van der Waals surface area (Å²) >= 11 is 0. The van der Waals surface area contributed by atoms with Gasteiger partial charge in [0.1, 0.15) is 5.54 Å². The summed E-state index contributed by atoms with van der Waals surface area (Å²) < 4.78 is 0. The fourth-order valence-corrected chi connectivity index (χ4v) is 3.63. The number of likely N-dealkylation sites (tertiary alicyclic amines) is 2. The van der Waals surface area contributed by atoms with E-state index in [4.69, 9.17) is 0 Å². The van der Waals surface area contributed by atoms with Crippen molar-refractivity contribution in [2.45, 2.75) is 57.5 Å². The van der Waals surface area contributed by atoms with Crippen molar-refractivity contribution in [3.8, 4) is 0 Å². The first-order valence-corrected chi connectivity index (χ1v) is 8.07. The molecular formula is C15H27N3O3. The number of aliphatic carboxylic acids is 1. The topological polar surface area (TPSA) is 72.9 Å². The maximum atomic E-state index is 12.5. The fraction of sp³-hybridized carbons (Fsp3) is 0.867. The van der Waals surface area contributed by atoms with Gasteiger partial charge in [-0.05, 0) is 45.2 Å². The number of likely N-dealkylation sites (N-methyl/N-ethyl adjacent to an activating group) is 1. The van der Waals surface area contributed by atoms with Crippen molar-refractivity contribution < 1.29 is 14.7 Å². The Hall–Kier alpha value is -1.30. The van der Waals surface area contributed by atoms with Crippen LogP contribution in [0.15, 0.2) is 0 Å². The molecular weight excluding hydrogens is 270 g/mol. The number of nitrogens with zero attached hydrogens (tertiary/aromatic N) is 2. The Morgan fingerprint density at radius 2 is 2.05 bits per heavy atom. The molecule has 2 atom stereocenters. The zero-order chi connectivity index (χ0) is 15.5. The first-order chi connectivity index (χ1) is 10.0. The van der Waals surface area contributed by atoms with Crippen molar-refractivity contribution in [2.75, 3.05) is 26.2 Å². The molecule has 2 aliphatic heterocycles. The van der Waals surface area contributed by atoms with E-state index in [0.29, 0.717) is 19.4 Å². The van der Waals surface area contributed by atoms with E-state index in [-0.39, 0.29) is 12.1 Å². The van der Waals surface area contributed by atoms with Gasteiger partial charge in [-0.1, -0.05) is 13.8 Å². The van der Waals surface area contributed by atoms with E-state index in [2.05, 4.69) is 17.1 Å². The van der Waals surface area contributed by atoms with Gasteiger partial charge in [-0.15, -0.1) is 0 Å². The summed E-state index contributed by atoms with van der Waals surface area (Å²) in [4.78, 5) is 28.0. The molecule has 6 nitrogen and oxygen atoms in total. The van der Waals surface area contributed by atoms with Gasteiger partial charge in [0.25, 0.3) is 0 Å². The lowest BCUT2D eigenvalue weighted by molar-refractivity contribution is -0.148. The minimum Gasteiger partial charge on any atom is -0.479 e. The Kier molecular flexibility index (Phi) is 5.08. The van der Waals surface area contributed by atoms with Gasteiger partial charge in [-0.2, -0.15) is 0 Å². The Balaban J connectivity index is 2.00. The van der Waals surface area contributed by atoms with Crippen molar-refractivity contribution in [3.05, 3.63) is 0 Å². The molecule has 2 heterocycles. The largest absolute Gasteiger partial charge is 0.479 e. The maximum absolute atomic E-state index is 12.5. The van der Waals surface area contributed by atoms with Crippen LogP contribution in [0.3, 0.4) is 0 Å². The molecule has 0 aromatic rings. The second-order valence-corrected chi connectivity index (χ2v) is 6.13. The first kappa shape index (κ1) is 16.1. The van der Waals surface area contributed by atoms with Crippen molar-refractivity contribution in [3.63, 3.8) is 0 Å². The molecule has 2 N–H and O–H groups in total. The molecule has 2 aliphatic rings. The van der Waals surface area contributed by atoms with Crippen LogP contribution in [0.4, 0.5) is 4.79 Å². The number of nitrogens with one attached hydrogen (secondary N) is 1. The molecule has 0 aliphatic carbocycles. The van der Waals surface area contributed by atoms with E-state index in [1.54, 1.807) is 4.90 Å². The third-order valence-electron chi connectivity index (χ3n) is 5.00. The zero-order valence-electron chi connectivity index (χ0n) is 13.1. The number of amides is 2. The third kappa shape index (κ3) is 3.15. The molecule has 0 saturated carbocycles. The lowest BCUT2D eigenvalue weighted by Gasteiger charge is -2.37. The third-order valence-corrected chi connectivity index (χ3v) is 5.00. The normalized spacial score (nSPS) is 30.4. The van der Waals surface area contributed by atoms with Crippen LogP contribution < -0.4 is 5.32 Å². The monoisotopic (exact) mass is 297 g/mol. The van der Waals surface area contributed by atoms with Crippen molar-refractivity contribution in [1.82, 2.24) is 15.1 Å². The van der Waals surface area contributed by atoms with Crippen LogP contribution in [0.2, 0.25) is 0 Å². The van der Waals surface area contributed by atoms with Gasteiger partial charge >= 0.3 is 12.0 Å². The van der Waals surface area contributed by atoms with E-state index in [0.717, 1.165) is 38.9 Å². The number of carbonyl (C=O) groups excluding carboxylic acids is 1. The number of hydrogen-bond acceptors (Lipinski definition) is 3. The highest BCUT2D eigenvalue weighted by molar-refractivity contribution is 5.87. The molecule has 0 aromatic heterocycles. The van der Waals surface area contributed by atoms with E-state index in [1.807, 2.05) is 6.92 Å². The maximum Gasteiger partial charge on any atom is 0.329 e. The highest BCUT2D eigenvalue weighted by Gasteiger charge is 2.48. The molecule has 2 unspecified atom stereocenters. The summed E-state index contributed by atoms with van der Waals surface area (Å²) in [7, 11) is 0. The second-order valence-electron chi connectivity index (χ2n) is 6.13. The molecule has 2 fully saturated rings. The summed E-state index contributed by atoms with van der Waals surface area (Å²) in [6.45, 7) is 7.44. The molecule has 0 aromatic carbocycles. The summed E-state index contributed by atoms with van der Waals surface area (Å²) in [6.07, 6.45) is 3.83. The molecule has 2 amide bonds. The van der Waals surface area contributed by atoms with Gasteiger partial charge in [0.2, 0.25) is 0 Å². The van der Waals surface area contributed by atoms with Crippen LogP contribution in [0.25, 0.3) is 0 Å². The van der Waals surface area contributed by atoms with Crippen molar-refractivity contribution in [1.29, 1.82) is 0 Å².